The number of benzene rings is 1. The van der Waals surface area contributed by atoms with Crippen molar-refractivity contribution in [2.75, 3.05) is 0 Å². The molecule has 0 aliphatic carbocycles. The van der Waals surface area contributed by atoms with E-state index in [-0.39, 0.29) is 11.5 Å². The molecular formula is C15H25NS. The van der Waals surface area contributed by atoms with E-state index < -0.39 is 0 Å². The van der Waals surface area contributed by atoms with Crippen molar-refractivity contribution in [2.24, 2.45) is 11.1 Å². The summed E-state index contributed by atoms with van der Waals surface area (Å²) in [5.41, 5.74) is 9.02. The Hall–Kier alpha value is -0.470. The number of thioether (sulfide) groups is 1. The van der Waals surface area contributed by atoms with Gasteiger partial charge in [0.15, 0.2) is 0 Å². The molecule has 0 aromatic heterocycles. The first-order chi connectivity index (χ1) is 7.71. The molecule has 0 bridgehead atoms. The van der Waals surface area contributed by atoms with Gasteiger partial charge in [-0.1, -0.05) is 38.5 Å². The zero-order chi connectivity index (χ0) is 13.2. The minimum Gasteiger partial charge on any atom is -0.327 e. The smallest absolute Gasteiger partial charge is 0.0292 e. The van der Waals surface area contributed by atoms with Gasteiger partial charge in [-0.3, -0.25) is 0 Å². The van der Waals surface area contributed by atoms with E-state index in [2.05, 4.69) is 59.7 Å². The van der Waals surface area contributed by atoms with E-state index in [4.69, 9.17) is 5.73 Å². The molecular weight excluding hydrogens is 226 g/mol. The van der Waals surface area contributed by atoms with Gasteiger partial charge in [0.05, 0.1) is 0 Å². The molecule has 0 saturated carbocycles. The monoisotopic (exact) mass is 251 g/mol. The minimum absolute atomic E-state index is 0.195. The van der Waals surface area contributed by atoms with Gasteiger partial charge in [0.25, 0.3) is 0 Å². The number of nitrogens with two attached hydrogens (primary N) is 1. The highest BCUT2D eigenvalue weighted by Gasteiger charge is 2.29. The molecule has 0 saturated heterocycles. The quantitative estimate of drug-likeness (QED) is 0.816. The predicted molar refractivity (Wildman–Crippen MR) is 78.7 cm³/mol. The van der Waals surface area contributed by atoms with Crippen LogP contribution in [0, 0.1) is 19.3 Å². The third kappa shape index (κ3) is 4.04. The molecule has 1 nitrogen and oxygen atoms in total. The maximum atomic E-state index is 6.13. The first-order valence-electron chi connectivity index (χ1n) is 6.21. The van der Waals surface area contributed by atoms with Crippen molar-refractivity contribution >= 4 is 11.8 Å². The molecule has 0 aliphatic heterocycles. The molecule has 0 radical (unpaired) electrons. The van der Waals surface area contributed by atoms with Crippen LogP contribution in [0.15, 0.2) is 23.1 Å². The Labute approximate surface area is 110 Å². The van der Waals surface area contributed by atoms with E-state index in [1.165, 1.54) is 16.0 Å². The lowest BCUT2D eigenvalue weighted by Gasteiger charge is -2.33. The van der Waals surface area contributed by atoms with Gasteiger partial charge in [0.1, 0.15) is 0 Å². The highest BCUT2D eigenvalue weighted by atomic mass is 32.2. The van der Waals surface area contributed by atoms with Crippen molar-refractivity contribution in [3.8, 4) is 0 Å². The average molecular weight is 251 g/mol. The summed E-state index contributed by atoms with van der Waals surface area (Å²) < 4.78 is 0. The molecule has 2 unspecified atom stereocenters. The molecule has 0 fully saturated rings. The summed E-state index contributed by atoms with van der Waals surface area (Å²) in [6.45, 7) is 13.2. The Bertz CT molecular complexity index is 377. The number of aryl methyl sites for hydroxylation is 2. The molecule has 2 N–H and O–H groups in total. The second-order valence-electron chi connectivity index (χ2n) is 6.03. The Kier molecular flexibility index (Phi) is 4.68. The average Bonchev–Trinajstić information content (AvgIpc) is 2.13. The van der Waals surface area contributed by atoms with Crippen molar-refractivity contribution in [3.05, 3.63) is 29.3 Å². The zero-order valence-corrected chi connectivity index (χ0v) is 12.7. The maximum Gasteiger partial charge on any atom is 0.0292 e. The standard InChI is InChI=1S/C15H25NS/c1-10-7-8-13(11(2)9-10)17-14(12(3)16)15(4,5)6/h7-9,12,14H,16H2,1-6H3. The number of hydrogen-bond donors (Lipinski definition) is 1. The topological polar surface area (TPSA) is 26.0 Å². The van der Waals surface area contributed by atoms with Crippen LogP contribution in [-0.4, -0.2) is 11.3 Å². The van der Waals surface area contributed by atoms with Gasteiger partial charge in [-0.25, -0.2) is 0 Å². The predicted octanol–water partition coefficient (Wildman–Crippen LogP) is 4.16. The molecule has 0 amide bonds. The summed E-state index contributed by atoms with van der Waals surface area (Å²) in [7, 11) is 0. The van der Waals surface area contributed by atoms with Crippen LogP contribution < -0.4 is 5.73 Å². The molecule has 1 rings (SSSR count). The van der Waals surface area contributed by atoms with Gasteiger partial charge >= 0.3 is 0 Å². The van der Waals surface area contributed by atoms with Gasteiger partial charge in [-0.2, -0.15) is 0 Å². The molecule has 2 atom stereocenters. The Morgan fingerprint density at radius 1 is 1.18 bits per heavy atom. The summed E-state index contributed by atoms with van der Waals surface area (Å²) in [6.07, 6.45) is 0. The fourth-order valence-corrected chi connectivity index (χ4v) is 3.37. The summed E-state index contributed by atoms with van der Waals surface area (Å²) in [5.74, 6) is 0. The van der Waals surface area contributed by atoms with Gasteiger partial charge < -0.3 is 5.73 Å². The SMILES string of the molecule is Cc1ccc(SC(C(C)N)C(C)(C)C)c(C)c1. The van der Waals surface area contributed by atoms with Crippen molar-refractivity contribution in [3.63, 3.8) is 0 Å². The normalized spacial score (nSPS) is 15.7. The fourth-order valence-electron chi connectivity index (χ4n) is 2.14. The van der Waals surface area contributed by atoms with Gasteiger partial charge in [-0.15, -0.1) is 11.8 Å². The van der Waals surface area contributed by atoms with E-state index >= 15 is 0 Å². The summed E-state index contributed by atoms with van der Waals surface area (Å²) in [5, 5.41) is 0.434. The maximum absolute atomic E-state index is 6.13. The highest BCUT2D eigenvalue weighted by molar-refractivity contribution is 8.00. The summed E-state index contributed by atoms with van der Waals surface area (Å²) >= 11 is 1.91. The summed E-state index contributed by atoms with van der Waals surface area (Å²) in [6, 6.07) is 6.83. The lowest BCUT2D eigenvalue weighted by molar-refractivity contribution is 0.363. The van der Waals surface area contributed by atoms with Crippen LogP contribution in [0.2, 0.25) is 0 Å². The first-order valence-corrected chi connectivity index (χ1v) is 7.09. The van der Waals surface area contributed by atoms with Crippen molar-refractivity contribution in [1.82, 2.24) is 0 Å². The molecule has 96 valence electrons. The second-order valence-corrected chi connectivity index (χ2v) is 7.22. The van der Waals surface area contributed by atoms with Gasteiger partial charge in [-0.05, 0) is 37.8 Å². The van der Waals surface area contributed by atoms with E-state index in [0.29, 0.717) is 5.25 Å². The van der Waals surface area contributed by atoms with Crippen LogP contribution in [0.25, 0.3) is 0 Å². The van der Waals surface area contributed by atoms with Crippen LogP contribution in [0.4, 0.5) is 0 Å². The van der Waals surface area contributed by atoms with E-state index in [9.17, 15) is 0 Å². The molecule has 0 spiro atoms. The minimum atomic E-state index is 0.195. The van der Waals surface area contributed by atoms with E-state index in [1.807, 2.05) is 11.8 Å². The third-order valence-corrected chi connectivity index (χ3v) is 5.02. The molecule has 1 aromatic rings. The van der Waals surface area contributed by atoms with Crippen molar-refractivity contribution in [2.45, 2.75) is 57.7 Å². The zero-order valence-electron chi connectivity index (χ0n) is 11.9. The van der Waals surface area contributed by atoms with Crippen LogP contribution in [0.3, 0.4) is 0 Å². The Morgan fingerprint density at radius 3 is 2.18 bits per heavy atom. The van der Waals surface area contributed by atoms with Gasteiger partial charge in [0, 0.05) is 16.2 Å². The molecule has 0 aliphatic rings. The Morgan fingerprint density at radius 2 is 1.76 bits per heavy atom. The van der Waals surface area contributed by atoms with Gasteiger partial charge in [0.2, 0.25) is 0 Å². The lowest BCUT2D eigenvalue weighted by Crippen LogP contribution is -2.38. The highest BCUT2D eigenvalue weighted by Crippen LogP contribution is 2.38. The van der Waals surface area contributed by atoms with E-state index in [1.54, 1.807) is 0 Å². The lowest BCUT2D eigenvalue weighted by atomic mass is 9.88. The second kappa shape index (κ2) is 5.45. The van der Waals surface area contributed by atoms with Crippen LogP contribution in [-0.2, 0) is 0 Å². The molecule has 17 heavy (non-hydrogen) atoms. The fraction of sp³-hybridized carbons (Fsp3) is 0.600. The van der Waals surface area contributed by atoms with E-state index in [0.717, 1.165) is 0 Å². The van der Waals surface area contributed by atoms with Crippen LogP contribution >= 0.6 is 11.8 Å². The third-order valence-electron chi connectivity index (χ3n) is 2.92. The number of hydrogen-bond acceptors (Lipinski definition) is 2. The summed E-state index contributed by atoms with van der Waals surface area (Å²) in [4.78, 5) is 1.35. The largest absolute Gasteiger partial charge is 0.327 e. The van der Waals surface area contributed by atoms with Crippen molar-refractivity contribution in [1.29, 1.82) is 0 Å². The van der Waals surface area contributed by atoms with Crippen molar-refractivity contribution < 1.29 is 0 Å². The molecule has 0 heterocycles. The Balaban J connectivity index is 2.94. The number of rotatable bonds is 3. The molecule has 1 aromatic carbocycles. The van der Waals surface area contributed by atoms with Crippen LogP contribution in [0.1, 0.15) is 38.8 Å². The van der Waals surface area contributed by atoms with Crippen LogP contribution in [0.5, 0.6) is 0 Å². The molecule has 2 heteroatoms. The first kappa shape index (κ1) is 14.6.